The molecule has 1 aliphatic rings. The molecule has 0 unspecified atom stereocenters. The van der Waals surface area contributed by atoms with Gasteiger partial charge < -0.3 is 14.5 Å². The van der Waals surface area contributed by atoms with Gasteiger partial charge in [0, 0.05) is 43.9 Å². The van der Waals surface area contributed by atoms with Crippen LogP contribution in [0, 0.1) is 0 Å². The van der Waals surface area contributed by atoms with E-state index in [-0.39, 0.29) is 17.3 Å². The van der Waals surface area contributed by atoms with Crippen molar-refractivity contribution in [1.29, 1.82) is 0 Å². The van der Waals surface area contributed by atoms with Gasteiger partial charge in [-0.1, -0.05) is 17.7 Å². The molecule has 1 fully saturated rings. The van der Waals surface area contributed by atoms with Crippen LogP contribution in [-0.4, -0.2) is 70.4 Å². The minimum atomic E-state index is -3.75. The van der Waals surface area contributed by atoms with Gasteiger partial charge in [0.1, 0.15) is 5.75 Å². The number of anilines is 1. The largest absolute Gasteiger partial charge is 0.497 e. The van der Waals surface area contributed by atoms with Crippen LogP contribution in [0.4, 0.5) is 5.69 Å². The van der Waals surface area contributed by atoms with Crippen molar-refractivity contribution in [3.8, 4) is 5.75 Å². The number of nitrogens with zero attached hydrogens (tertiary/aromatic N) is 3. The summed E-state index contributed by atoms with van der Waals surface area (Å²) in [5.41, 5.74) is 1.02. The Balaban J connectivity index is 1.58. The van der Waals surface area contributed by atoms with Gasteiger partial charge in [0.15, 0.2) is 0 Å². The van der Waals surface area contributed by atoms with Gasteiger partial charge in [0.05, 0.1) is 18.6 Å². The summed E-state index contributed by atoms with van der Waals surface area (Å²) in [6, 6.07) is 13.7. The highest BCUT2D eigenvalue weighted by Gasteiger charge is 2.27. The van der Waals surface area contributed by atoms with Crippen molar-refractivity contribution in [2.75, 3.05) is 51.8 Å². The summed E-state index contributed by atoms with van der Waals surface area (Å²) < 4.78 is 31.6. The number of rotatable bonds is 6. The Hall–Kier alpha value is -2.29. The van der Waals surface area contributed by atoms with Crippen molar-refractivity contribution >= 4 is 33.2 Å². The van der Waals surface area contributed by atoms with Crippen LogP contribution in [0.1, 0.15) is 0 Å². The molecule has 2 aromatic carbocycles. The second-order valence-electron chi connectivity index (χ2n) is 6.78. The zero-order valence-corrected chi connectivity index (χ0v) is 18.0. The third-order valence-electron chi connectivity index (χ3n) is 4.93. The van der Waals surface area contributed by atoms with Crippen molar-refractivity contribution in [3.05, 3.63) is 53.6 Å². The zero-order valence-electron chi connectivity index (χ0n) is 16.4. The molecule has 1 saturated heterocycles. The van der Waals surface area contributed by atoms with E-state index >= 15 is 0 Å². The highest BCUT2D eigenvalue weighted by atomic mass is 35.5. The average molecular weight is 438 g/mol. The minimum Gasteiger partial charge on any atom is -0.497 e. The van der Waals surface area contributed by atoms with Gasteiger partial charge in [0.25, 0.3) is 0 Å². The molecule has 2 aromatic rings. The Morgan fingerprint density at radius 1 is 1.10 bits per heavy atom. The maximum Gasteiger partial charge on any atom is 0.243 e. The molecule has 0 saturated carbocycles. The van der Waals surface area contributed by atoms with Crippen LogP contribution in [0.2, 0.25) is 5.02 Å². The standard InChI is InChI=1S/C20H24ClN3O4S/c1-22(29(26,27)19-8-6-18(28-2)7-9-19)15-20(25)24-12-10-23(11-13-24)17-5-3-4-16(21)14-17/h3-9,14H,10-13,15H2,1-2H3. The van der Waals surface area contributed by atoms with Crippen molar-refractivity contribution in [2.45, 2.75) is 4.90 Å². The number of sulfonamides is 1. The van der Waals surface area contributed by atoms with Gasteiger partial charge >= 0.3 is 0 Å². The summed E-state index contributed by atoms with van der Waals surface area (Å²) in [6.07, 6.45) is 0. The van der Waals surface area contributed by atoms with E-state index in [1.165, 1.54) is 26.3 Å². The van der Waals surface area contributed by atoms with E-state index < -0.39 is 10.0 Å². The van der Waals surface area contributed by atoms with Crippen LogP contribution >= 0.6 is 11.6 Å². The summed E-state index contributed by atoms with van der Waals surface area (Å²) >= 11 is 6.05. The lowest BCUT2D eigenvalue weighted by atomic mass is 10.2. The molecule has 156 valence electrons. The lowest BCUT2D eigenvalue weighted by Crippen LogP contribution is -2.51. The smallest absolute Gasteiger partial charge is 0.243 e. The molecule has 0 aliphatic carbocycles. The summed E-state index contributed by atoms with van der Waals surface area (Å²) in [7, 11) is -0.820. The van der Waals surface area contributed by atoms with Gasteiger partial charge in [-0.25, -0.2) is 8.42 Å². The summed E-state index contributed by atoms with van der Waals surface area (Å²) in [6.45, 7) is 2.19. The van der Waals surface area contributed by atoms with E-state index in [0.29, 0.717) is 37.0 Å². The Labute approximate surface area is 176 Å². The van der Waals surface area contributed by atoms with Crippen LogP contribution in [-0.2, 0) is 14.8 Å². The van der Waals surface area contributed by atoms with E-state index in [4.69, 9.17) is 16.3 Å². The number of halogens is 1. The number of amides is 1. The predicted octanol–water partition coefficient (Wildman–Crippen LogP) is 2.32. The first-order chi connectivity index (χ1) is 13.8. The summed E-state index contributed by atoms with van der Waals surface area (Å²) in [5, 5.41) is 0.673. The van der Waals surface area contributed by atoms with Gasteiger partial charge in [-0.3, -0.25) is 4.79 Å². The fourth-order valence-electron chi connectivity index (χ4n) is 3.19. The van der Waals surface area contributed by atoms with Gasteiger partial charge in [0.2, 0.25) is 15.9 Å². The molecule has 9 heteroatoms. The Kier molecular flexibility index (Phi) is 6.66. The fourth-order valence-corrected chi connectivity index (χ4v) is 4.49. The SMILES string of the molecule is COc1ccc(S(=O)(=O)N(C)CC(=O)N2CCN(c3cccc(Cl)c3)CC2)cc1. The number of ether oxygens (including phenoxy) is 1. The van der Waals surface area contributed by atoms with E-state index in [2.05, 4.69) is 4.90 Å². The van der Waals surface area contributed by atoms with E-state index in [1.54, 1.807) is 17.0 Å². The maximum atomic E-state index is 12.7. The fraction of sp³-hybridized carbons (Fsp3) is 0.350. The molecule has 0 N–H and O–H groups in total. The minimum absolute atomic E-state index is 0.124. The normalized spacial score (nSPS) is 14.9. The van der Waals surface area contributed by atoms with E-state index in [1.807, 2.05) is 24.3 Å². The molecule has 0 bridgehead atoms. The summed E-state index contributed by atoms with van der Waals surface area (Å²) in [4.78, 5) is 16.6. The first kappa shape index (κ1) is 21.4. The Bertz CT molecular complexity index is 958. The highest BCUT2D eigenvalue weighted by molar-refractivity contribution is 7.89. The molecule has 7 nitrogen and oxygen atoms in total. The number of carbonyl (C=O) groups is 1. The number of likely N-dealkylation sites (N-methyl/N-ethyl adjacent to an activating group) is 1. The van der Waals surface area contributed by atoms with Crippen LogP contribution in [0.3, 0.4) is 0 Å². The van der Waals surface area contributed by atoms with Gasteiger partial charge in [-0.15, -0.1) is 0 Å². The Morgan fingerprint density at radius 2 is 1.76 bits per heavy atom. The second-order valence-corrected chi connectivity index (χ2v) is 9.27. The molecule has 1 aliphatic heterocycles. The van der Waals surface area contributed by atoms with Crippen LogP contribution in [0.15, 0.2) is 53.4 Å². The van der Waals surface area contributed by atoms with Crippen molar-refractivity contribution in [3.63, 3.8) is 0 Å². The number of carbonyl (C=O) groups excluding carboxylic acids is 1. The first-order valence-corrected chi connectivity index (χ1v) is 11.0. The topological polar surface area (TPSA) is 70.2 Å². The number of methoxy groups -OCH3 is 1. The molecule has 0 aromatic heterocycles. The third-order valence-corrected chi connectivity index (χ3v) is 6.98. The molecule has 0 radical (unpaired) electrons. The lowest BCUT2D eigenvalue weighted by molar-refractivity contribution is -0.131. The molecular weight excluding hydrogens is 414 g/mol. The highest BCUT2D eigenvalue weighted by Crippen LogP contribution is 2.21. The van der Waals surface area contributed by atoms with Crippen LogP contribution in [0.25, 0.3) is 0 Å². The monoisotopic (exact) mass is 437 g/mol. The van der Waals surface area contributed by atoms with Gasteiger partial charge in [-0.05, 0) is 42.5 Å². The molecule has 1 amide bonds. The van der Waals surface area contributed by atoms with Crippen molar-refractivity contribution in [1.82, 2.24) is 9.21 Å². The van der Waals surface area contributed by atoms with Crippen molar-refractivity contribution < 1.29 is 17.9 Å². The van der Waals surface area contributed by atoms with E-state index in [9.17, 15) is 13.2 Å². The zero-order chi connectivity index (χ0) is 21.0. The summed E-state index contributed by atoms with van der Waals surface area (Å²) in [5.74, 6) is 0.357. The lowest BCUT2D eigenvalue weighted by Gasteiger charge is -2.36. The quantitative estimate of drug-likeness (QED) is 0.693. The molecule has 0 atom stereocenters. The van der Waals surface area contributed by atoms with Crippen molar-refractivity contribution in [2.24, 2.45) is 0 Å². The first-order valence-electron chi connectivity index (χ1n) is 9.20. The third kappa shape index (κ3) is 5.01. The predicted molar refractivity (Wildman–Crippen MR) is 113 cm³/mol. The number of piperazine rings is 1. The number of hydrogen-bond donors (Lipinski definition) is 0. The maximum absolute atomic E-state index is 12.7. The Morgan fingerprint density at radius 3 is 2.34 bits per heavy atom. The number of benzene rings is 2. The van der Waals surface area contributed by atoms with Gasteiger partial charge in [-0.2, -0.15) is 4.31 Å². The molecule has 0 spiro atoms. The molecular formula is C20H24ClN3O4S. The molecule has 3 rings (SSSR count). The molecule has 29 heavy (non-hydrogen) atoms. The average Bonchev–Trinajstić information content (AvgIpc) is 2.73. The van der Waals surface area contributed by atoms with E-state index in [0.717, 1.165) is 9.99 Å². The molecule has 1 heterocycles. The van der Waals surface area contributed by atoms with Crippen LogP contribution in [0.5, 0.6) is 5.75 Å². The number of hydrogen-bond acceptors (Lipinski definition) is 5. The second kappa shape index (κ2) is 9.02. The van der Waals surface area contributed by atoms with Crippen LogP contribution < -0.4 is 9.64 Å².